The van der Waals surface area contributed by atoms with E-state index in [0.717, 1.165) is 18.8 Å². The molecule has 0 amide bonds. The third-order valence-corrected chi connectivity index (χ3v) is 2.36. The molecule has 0 spiro atoms. The van der Waals surface area contributed by atoms with E-state index in [1.54, 1.807) is 0 Å². The van der Waals surface area contributed by atoms with Gasteiger partial charge in [-0.2, -0.15) is 0 Å². The quantitative estimate of drug-likeness (QED) is 0.726. The number of hydrogen-bond acceptors (Lipinski definition) is 4. The minimum absolute atomic E-state index is 0.458. The highest BCUT2D eigenvalue weighted by atomic mass is 15.4. The summed E-state index contributed by atoms with van der Waals surface area (Å²) in [7, 11) is 2.10. The lowest BCUT2D eigenvalue weighted by molar-refractivity contribution is 0.258. The van der Waals surface area contributed by atoms with Crippen LogP contribution in [0.25, 0.3) is 0 Å². The Morgan fingerprint density at radius 2 is 2.29 bits per heavy atom. The molecule has 0 saturated carbocycles. The van der Waals surface area contributed by atoms with Gasteiger partial charge in [-0.25, -0.2) is 0 Å². The Bertz CT molecular complexity index is 268. The van der Waals surface area contributed by atoms with Gasteiger partial charge >= 0.3 is 0 Å². The van der Waals surface area contributed by atoms with E-state index in [0.29, 0.717) is 12.6 Å². The predicted octanol–water partition coefficient (Wildman–Crippen LogP) is 0.0770. The smallest absolute Gasteiger partial charge is 0.0962 e. The lowest BCUT2D eigenvalue weighted by Gasteiger charge is -2.20. The number of rotatable bonds is 5. The van der Waals surface area contributed by atoms with Gasteiger partial charge in [0, 0.05) is 25.3 Å². The predicted molar refractivity (Wildman–Crippen MR) is 55.7 cm³/mol. The summed E-state index contributed by atoms with van der Waals surface area (Å²) in [6.45, 7) is 6.64. The molecule has 0 aliphatic heterocycles. The second kappa shape index (κ2) is 5.07. The van der Waals surface area contributed by atoms with Gasteiger partial charge in [0.05, 0.1) is 12.2 Å². The number of nitrogens with zero attached hydrogens (tertiary/aromatic N) is 4. The molecule has 1 aromatic rings. The van der Waals surface area contributed by atoms with E-state index in [4.69, 9.17) is 5.73 Å². The number of likely N-dealkylation sites (N-methyl/N-ethyl adjacent to an activating group) is 1. The third kappa shape index (κ3) is 3.08. The minimum Gasteiger partial charge on any atom is -0.325 e. The van der Waals surface area contributed by atoms with E-state index in [2.05, 4.69) is 36.1 Å². The zero-order valence-corrected chi connectivity index (χ0v) is 9.14. The lowest BCUT2D eigenvalue weighted by atomic mass is 10.3. The largest absolute Gasteiger partial charge is 0.325 e. The van der Waals surface area contributed by atoms with Crippen molar-refractivity contribution in [3.8, 4) is 0 Å². The number of aromatic nitrogens is 3. The molecule has 0 aromatic carbocycles. The first-order chi connectivity index (χ1) is 6.63. The van der Waals surface area contributed by atoms with E-state index in [1.807, 2.05) is 10.9 Å². The fourth-order valence-electron chi connectivity index (χ4n) is 1.06. The second-order valence-corrected chi connectivity index (χ2v) is 3.75. The van der Waals surface area contributed by atoms with Crippen LogP contribution in [-0.4, -0.2) is 39.5 Å². The van der Waals surface area contributed by atoms with Crippen molar-refractivity contribution >= 4 is 0 Å². The molecule has 1 aromatic heterocycles. The van der Waals surface area contributed by atoms with Crippen LogP contribution in [0.15, 0.2) is 6.20 Å². The summed E-state index contributed by atoms with van der Waals surface area (Å²) in [4.78, 5) is 2.27. The van der Waals surface area contributed by atoms with Crippen LogP contribution in [0.5, 0.6) is 0 Å². The van der Waals surface area contributed by atoms with Gasteiger partial charge in [0.1, 0.15) is 0 Å². The highest BCUT2D eigenvalue weighted by molar-refractivity contribution is 4.90. The monoisotopic (exact) mass is 197 g/mol. The molecule has 0 bridgehead atoms. The first-order valence-corrected chi connectivity index (χ1v) is 4.92. The van der Waals surface area contributed by atoms with Crippen molar-refractivity contribution in [2.75, 3.05) is 13.6 Å². The Kier molecular flexibility index (Phi) is 4.03. The molecular weight excluding hydrogens is 178 g/mol. The zero-order valence-electron chi connectivity index (χ0n) is 9.14. The van der Waals surface area contributed by atoms with Crippen molar-refractivity contribution in [1.29, 1.82) is 0 Å². The van der Waals surface area contributed by atoms with Crippen LogP contribution in [-0.2, 0) is 13.1 Å². The fourth-order valence-corrected chi connectivity index (χ4v) is 1.06. The Labute approximate surface area is 84.9 Å². The minimum atomic E-state index is 0.458. The van der Waals surface area contributed by atoms with Gasteiger partial charge in [0.25, 0.3) is 0 Å². The lowest BCUT2D eigenvalue weighted by Crippen LogP contribution is -2.29. The van der Waals surface area contributed by atoms with Crippen molar-refractivity contribution in [3.63, 3.8) is 0 Å². The molecule has 0 fully saturated rings. The maximum atomic E-state index is 5.44. The third-order valence-electron chi connectivity index (χ3n) is 2.36. The summed E-state index contributed by atoms with van der Waals surface area (Å²) >= 11 is 0. The second-order valence-electron chi connectivity index (χ2n) is 3.75. The first-order valence-electron chi connectivity index (χ1n) is 4.92. The summed E-state index contributed by atoms with van der Waals surface area (Å²) < 4.78 is 1.83. The van der Waals surface area contributed by atoms with Gasteiger partial charge in [0.15, 0.2) is 0 Å². The molecule has 5 nitrogen and oxygen atoms in total. The molecule has 80 valence electrons. The summed E-state index contributed by atoms with van der Waals surface area (Å²) in [6.07, 6.45) is 1.90. The van der Waals surface area contributed by atoms with E-state index in [9.17, 15) is 0 Å². The van der Waals surface area contributed by atoms with Crippen LogP contribution in [0.2, 0.25) is 0 Å². The SMILES string of the molecule is CC(C)N(C)CCn1cc(CN)nn1. The molecule has 0 unspecified atom stereocenters. The molecule has 1 heterocycles. The van der Waals surface area contributed by atoms with Crippen molar-refractivity contribution in [3.05, 3.63) is 11.9 Å². The average Bonchev–Trinajstić information content (AvgIpc) is 2.61. The zero-order chi connectivity index (χ0) is 10.6. The molecule has 1 rings (SSSR count). The summed E-state index contributed by atoms with van der Waals surface area (Å²) in [5.41, 5.74) is 6.29. The molecule has 14 heavy (non-hydrogen) atoms. The van der Waals surface area contributed by atoms with E-state index in [1.165, 1.54) is 0 Å². The summed E-state index contributed by atoms with van der Waals surface area (Å²) in [6, 6.07) is 0.563. The van der Waals surface area contributed by atoms with Crippen LogP contribution in [0, 0.1) is 0 Å². The molecule has 2 N–H and O–H groups in total. The normalized spacial score (nSPS) is 11.6. The highest BCUT2D eigenvalue weighted by Gasteiger charge is 2.04. The summed E-state index contributed by atoms with van der Waals surface area (Å²) in [5, 5.41) is 7.91. The van der Waals surface area contributed by atoms with Crippen LogP contribution in [0.1, 0.15) is 19.5 Å². The van der Waals surface area contributed by atoms with Gasteiger partial charge in [0.2, 0.25) is 0 Å². The van der Waals surface area contributed by atoms with E-state index < -0.39 is 0 Å². The van der Waals surface area contributed by atoms with Crippen LogP contribution in [0.4, 0.5) is 0 Å². The maximum Gasteiger partial charge on any atom is 0.0962 e. The molecule has 0 aliphatic rings. The van der Waals surface area contributed by atoms with Crippen molar-refractivity contribution < 1.29 is 0 Å². The van der Waals surface area contributed by atoms with Gasteiger partial charge < -0.3 is 10.6 Å². The Morgan fingerprint density at radius 1 is 1.57 bits per heavy atom. The average molecular weight is 197 g/mol. The number of hydrogen-bond donors (Lipinski definition) is 1. The highest BCUT2D eigenvalue weighted by Crippen LogP contribution is 1.95. The molecular formula is C9H19N5. The molecule has 5 heteroatoms. The van der Waals surface area contributed by atoms with Gasteiger partial charge in [-0.15, -0.1) is 5.10 Å². The Morgan fingerprint density at radius 3 is 2.79 bits per heavy atom. The first kappa shape index (κ1) is 11.1. The van der Waals surface area contributed by atoms with E-state index >= 15 is 0 Å². The molecule has 0 atom stereocenters. The van der Waals surface area contributed by atoms with Crippen LogP contribution < -0.4 is 5.73 Å². The molecule has 0 radical (unpaired) electrons. The van der Waals surface area contributed by atoms with Gasteiger partial charge in [-0.1, -0.05) is 5.21 Å². The number of nitrogens with two attached hydrogens (primary N) is 1. The van der Waals surface area contributed by atoms with Gasteiger partial charge in [-0.05, 0) is 20.9 Å². The Balaban J connectivity index is 2.37. The van der Waals surface area contributed by atoms with E-state index in [-0.39, 0.29) is 0 Å². The van der Waals surface area contributed by atoms with Crippen molar-refractivity contribution in [2.24, 2.45) is 5.73 Å². The molecule has 0 aliphatic carbocycles. The van der Waals surface area contributed by atoms with Crippen molar-refractivity contribution in [2.45, 2.75) is 33.0 Å². The fraction of sp³-hybridized carbons (Fsp3) is 0.778. The van der Waals surface area contributed by atoms with Crippen LogP contribution in [0.3, 0.4) is 0 Å². The molecule has 0 saturated heterocycles. The summed E-state index contributed by atoms with van der Waals surface area (Å²) in [5.74, 6) is 0. The maximum absolute atomic E-state index is 5.44. The topological polar surface area (TPSA) is 60.0 Å². The van der Waals surface area contributed by atoms with Crippen LogP contribution >= 0.6 is 0 Å². The van der Waals surface area contributed by atoms with Crippen molar-refractivity contribution in [1.82, 2.24) is 19.9 Å². The standard InChI is InChI=1S/C9H19N5/c1-8(2)13(3)4-5-14-7-9(6-10)11-12-14/h7-8H,4-6,10H2,1-3H3. The Hall–Kier alpha value is -0.940. The van der Waals surface area contributed by atoms with Gasteiger partial charge in [-0.3, -0.25) is 4.68 Å².